The maximum atomic E-state index is 12.4. The predicted octanol–water partition coefficient (Wildman–Crippen LogP) is 3.96. The number of allylic oxidation sites excluding steroid dienone is 1. The van der Waals surface area contributed by atoms with Crippen molar-refractivity contribution in [2.75, 3.05) is 6.54 Å². The number of carboxylic acid groups (broad SMARTS) is 1. The number of nitrogens with zero attached hydrogens (tertiary/aromatic N) is 1. The maximum Gasteiger partial charge on any atom is 0.303 e. The zero-order valence-electron chi connectivity index (χ0n) is 12.8. The Bertz CT molecular complexity index is 470. The number of carbonyl (C=O) groups excluding carboxylic acids is 1. The third-order valence-electron chi connectivity index (χ3n) is 4.18. The van der Waals surface area contributed by atoms with Gasteiger partial charge >= 0.3 is 5.97 Å². The Hall–Kier alpha value is -0.880. The van der Waals surface area contributed by atoms with E-state index >= 15 is 0 Å². The summed E-state index contributed by atoms with van der Waals surface area (Å²) >= 11 is 6.73. The largest absolute Gasteiger partial charge is 0.481 e. The number of hydrogen-bond acceptors (Lipinski definition) is 4. The summed E-state index contributed by atoms with van der Waals surface area (Å²) in [6.07, 6.45) is 10.8. The molecule has 0 aromatic heterocycles. The fourth-order valence-corrected chi connectivity index (χ4v) is 4.32. The van der Waals surface area contributed by atoms with E-state index in [0.29, 0.717) is 23.2 Å². The molecule has 22 heavy (non-hydrogen) atoms. The van der Waals surface area contributed by atoms with E-state index < -0.39 is 5.97 Å². The van der Waals surface area contributed by atoms with Gasteiger partial charge in [-0.25, -0.2) is 0 Å². The Balaban J connectivity index is 1.80. The molecule has 0 radical (unpaired) electrons. The van der Waals surface area contributed by atoms with Crippen LogP contribution in [0.3, 0.4) is 0 Å². The van der Waals surface area contributed by atoms with Crippen molar-refractivity contribution < 1.29 is 14.7 Å². The number of amides is 1. The number of unbranched alkanes of at least 4 members (excludes halogenated alkanes) is 2. The van der Waals surface area contributed by atoms with Gasteiger partial charge in [0.2, 0.25) is 0 Å². The molecule has 4 nitrogen and oxygen atoms in total. The summed E-state index contributed by atoms with van der Waals surface area (Å²) < 4.78 is 0.644. The van der Waals surface area contributed by atoms with E-state index in [9.17, 15) is 9.59 Å². The van der Waals surface area contributed by atoms with Gasteiger partial charge in [-0.3, -0.25) is 14.5 Å². The zero-order valence-corrected chi connectivity index (χ0v) is 14.4. The summed E-state index contributed by atoms with van der Waals surface area (Å²) in [5.41, 5.74) is 0. The molecule has 1 saturated carbocycles. The molecule has 0 atom stereocenters. The quantitative estimate of drug-likeness (QED) is 0.431. The second kappa shape index (κ2) is 8.67. The van der Waals surface area contributed by atoms with Crippen LogP contribution in [-0.2, 0) is 9.59 Å². The Kier molecular flexibility index (Phi) is 6.89. The zero-order chi connectivity index (χ0) is 15.9. The molecule has 1 aliphatic heterocycles. The van der Waals surface area contributed by atoms with Gasteiger partial charge in [0, 0.05) is 13.0 Å². The topological polar surface area (TPSA) is 57.6 Å². The first kappa shape index (κ1) is 17.5. The van der Waals surface area contributed by atoms with Crippen LogP contribution < -0.4 is 0 Å². The van der Waals surface area contributed by atoms with Crippen molar-refractivity contribution >= 4 is 40.2 Å². The molecule has 1 saturated heterocycles. The van der Waals surface area contributed by atoms with Crippen molar-refractivity contribution in [1.29, 1.82) is 0 Å². The lowest BCUT2D eigenvalue weighted by Crippen LogP contribution is -2.29. The third kappa shape index (κ3) is 5.09. The van der Waals surface area contributed by atoms with Crippen LogP contribution >= 0.6 is 24.0 Å². The van der Waals surface area contributed by atoms with Gasteiger partial charge in [0.15, 0.2) is 0 Å². The van der Waals surface area contributed by atoms with Gasteiger partial charge in [-0.15, -0.1) is 0 Å². The van der Waals surface area contributed by atoms with E-state index in [1.54, 1.807) is 4.90 Å². The van der Waals surface area contributed by atoms with Crippen molar-refractivity contribution in [3.63, 3.8) is 0 Å². The highest BCUT2D eigenvalue weighted by Crippen LogP contribution is 2.35. The molecule has 0 bridgehead atoms. The first-order chi connectivity index (χ1) is 10.6. The summed E-state index contributed by atoms with van der Waals surface area (Å²) in [4.78, 5) is 25.3. The van der Waals surface area contributed by atoms with Crippen LogP contribution in [-0.4, -0.2) is 32.7 Å². The molecule has 122 valence electrons. The normalized spacial score (nSPS) is 21.8. The van der Waals surface area contributed by atoms with Crippen LogP contribution in [0.5, 0.6) is 0 Å². The van der Waals surface area contributed by atoms with Crippen LogP contribution in [0.15, 0.2) is 11.0 Å². The van der Waals surface area contributed by atoms with Crippen molar-refractivity contribution in [2.45, 2.75) is 57.8 Å². The standard InChI is InChI=1S/C16H23NO3S2/c18-14(19)9-5-2-6-10-17-15(20)13(22-16(17)21)11-12-7-3-1-4-8-12/h11-12H,1-10H2,(H,18,19). The number of rotatable bonds is 7. The SMILES string of the molecule is O=C(O)CCCCCN1C(=O)C(=CC2CCCCC2)SC1=S. The molecule has 1 heterocycles. The lowest BCUT2D eigenvalue weighted by molar-refractivity contribution is -0.137. The smallest absolute Gasteiger partial charge is 0.303 e. The molecule has 1 amide bonds. The lowest BCUT2D eigenvalue weighted by atomic mass is 9.89. The highest BCUT2D eigenvalue weighted by molar-refractivity contribution is 8.26. The van der Waals surface area contributed by atoms with Gasteiger partial charge in [-0.05, 0) is 31.6 Å². The highest BCUT2D eigenvalue weighted by Gasteiger charge is 2.32. The number of carboxylic acids is 1. The molecule has 0 unspecified atom stereocenters. The van der Waals surface area contributed by atoms with Crippen LogP contribution in [0.1, 0.15) is 57.8 Å². The molecular formula is C16H23NO3S2. The van der Waals surface area contributed by atoms with Crippen LogP contribution in [0.4, 0.5) is 0 Å². The average Bonchev–Trinajstić information content (AvgIpc) is 2.75. The van der Waals surface area contributed by atoms with Gasteiger partial charge in [0.1, 0.15) is 4.32 Å². The van der Waals surface area contributed by atoms with Crippen LogP contribution in [0, 0.1) is 5.92 Å². The van der Waals surface area contributed by atoms with Crippen molar-refractivity contribution in [3.8, 4) is 0 Å². The molecule has 0 aromatic carbocycles. The average molecular weight is 341 g/mol. The van der Waals surface area contributed by atoms with Crippen molar-refractivity contribution in [1.82, 2.24) is 4.90 Å². The molecule has 1 aliphatic carbocycles. The third-order valence-corrected chi connectivity index (χ3v) is 5.58. The Morgan fingerprint density at radius 1 is 1.27 bits per heavy atom. The summed E-state index contributed by atoms with van der Waals surface area (Å²) in [5.74, 6) is -0.196. The molecule has 0 spiro atoms. The van der Waals surface area contributed by atoms with E-state index in [-0.39, 0.29) is 12.3 Å². The van der Waals surface area contributed by atoms with Gasteiger partial charge in [0.05, 0.1) is 4.91 Å². The second-order valence-electron chi connectivity index (χ2n) is 5.96. The molecule has 0 aromatic rings. The monoisotopic (exact) mass is 341 g/mol. The fourth-order valence-electron chi connectivity index (χ4n) is 2.94. The Morgan fingerprint density at radius 3 is 2.68 bits per heavy atom. The number of carbonyl (C=O) groups is 2. The summed E-state index contributed by atoms with van der Waals surface area (Å²) in [5, 5.41) is 8.60. The Morgan fingerprint density at radius 2 is 2.00 bits per heavy atom. The molecule has 1 N–H and O–H groups in total. The summed E-state index contributed by atoms with van der Waals surface area (Å²) in [7, 11) is 0. The highest BCUT2D eigenvalue weighted by atomic mass is 32.2. The summed E-state index contributed by atoms with van der Waals surface area (Å²) in [6, 6.07) is 0. The number of thiocarbonyl (C=S) groups is 1. The van der Waals surface area contributed by atoms with Gasteiger partial charge < -0.3 is 5.11 Å². The Labute approximate surface area is 141 Å². The maximum absolute atomic E-state index is 12.4. The molecule has 2 aliphatic rings. The van der Waals surface area contributed by atoms with Crippen molar-refractivity contribution in [2.24, 2.45) is 5.92 Å². The van der Waals surface area contributed by atoms with E-state index in [0.717, 1.165) is 17.7 Å². The minimum Gasteiger partial charge on any atom is -0.481 e. The van der Waals surface area contributed by atoms with E-state index in [1.807, 2.05) is 0 Å². The number of thioether (sulfide) groups is 1. The second-order valence-corrected chi connectivity index (χ2v) is 7.63. The van der Waals surface area contributed by atoms with Crippen LogP contribution in [0.25, 0.3) is 0 Å². The van der Waals surface area contributed by atoms with E-state index in [1.165, 1.54) is 43.9 Å². The molecule has 6 heteroatoms. The fraction of sp³-hybridized carbons (Fsp3) is 0.688. The number of aliphatic carboxylic acids is 1. The van der Waals surface area contributed by atoms with E-state index in [4.69, 9.17) is 17.3 Å². The molecule has 2 rings (SSSR count). The predicted molar refractivity (Wildman–Crippen MR) is 92.7 cm³/mol. The van der Waals surface area contributed by atoms with E-state index in [2.05, 4.69) is 6.08 Å². The first-order valence-electron chi connectivity index (χ1n) is 8.05. The minimum absolute atomic E-state index is 0.0406. The molecular weight excluding hydrogens is 318 g/mol. The lowest BCUT2D eigenvalue weighted by Gasteiger charge is -2.18. The van der Waals surface area contributed by atoms with Gasteiger partial charge in [0.25, 0.3) is 5.91 Å². The molecule has 2 fully saturated rings. The van der Waals surface area contributed by atoms with Gasteiger partial charge in [-0.2, -0.15) is 0 Å². The van der Waals surface area contributed by atoms with Gasteiger partial charge in [-0.1, -0.05) is 55.7 Å². The van der Waals surface area contributed by atoms with Crippen molar-refractivity contribution in [3.05, 3.63) is 11.0 Å². The van der Waals surface area contributed by atoms with Crippen LogP contribution in [0.2, 0.25) is 0 Å². The minimum atomic E-state index is -0.763. The summed E-state index contributed by atoms with van der Waals surface area (Å²) in [6.45, 7) is 0.603. The number of hydrogen-bond donors (Lipinski definition) is 1. The first-order valence-corrected chi connectivity index (χ1v) is 9.27.